The Bertz CT molecular complexity index is 1790. The highest BCUT2D eigenvalue weighted by molar-refractivity contribution is 6.08. The Kier molecular flexibility index (Phi) is 8.48. The summed E-state index contributed by atoms with van der Waals surface area (Å²) in [5.41, 5.74) is 4.13. The summed E-state index contributed by atoms with van der Waals surface area (Å²) in [6, 6.07) is 13.4. The molecule has 220 valence electrons. The van der Waals surface area contributed by atoms with Crippen molar-refractivity contribution in [3.8, 4) is 5.69 Å². The molecule has 0 bridgehead atoms. The van der Waals surface area contributed by atoms with Crippen molar-refractivity contribution in [2.75, 3.05) is 0 Å². The molecule has 3 atom stereocenters. The molecule has 2 heterocycles. The minimum atomic E-state index is -1.29. The molecule has 0 radical (unpaired) electrons. The minimum Gasteiger partial charge on any atom is -0.339 e. The van der Waals surface area contributed by atoms with Gasteiger partial charge in [0.25, 0.3) is 0 Å². The zero-order valence-corrected chi connectivity index (χ0v) is 24.2. The van der Waals surface area contributed by atoms with Crippen molar-refractivity contribution in [2.24, 2.45) is 11.8 Å². The Morgan fingerprint density at radius 3 is 2.44 bits per heavy atom. The summed E-state index contributed by atoms with van der Waals surface area (Å²) in [4.78, 5) is 39.8. The van der Waals surface area contributed by atoms with Crippen LogP contribution in [0.15, 0.2) is 86.1 Å². The predicted molar refractivity (Wildman–Crippen MR) is 163 cm³/mol. The number of carbonyl (C=O) groups excluding carboxylic acids is 3. The van der Waals surface area contributed by atoms with E-state index < -0.39 is 23.8 Å². The highest BCUT2D eigenvalue weighted by atomic mass is 19.1. The van der Waals surface area contributed by atoms with Crippen LogP contribution < -0.4 is 0 Å². The smallest absolute Gasteiger partial charge is 0.161 e. The summed E-state index contributed by atoms with van der Waals surface area (Å²) >= 11 is 0. The van der Waals surface area contributed by atoms with Crippen molar-refractivity contribution in [3.05, 3.63) is 114 Å². The minimum absolute atomic E-state index is 0.0429. The number of alkyl halides is 1. The number of carbonyl (C=O) groups is 3. The molecule has 1 saturated carbocycles. The number of hydrogen-bond acceptors (Lipinski definition) is 4. The van der Waals surface area contributed by atoms with Gasteiger partial charge in [-0.2, -0.15) is 5.10 Å². The number of nitrogens with zero attached hydrogens (tertiary/aromatic N) is 3. The van der Waals surface area contributed by atoms with Crippen LogP contribution >= 0.6 is 0 Å². The van der Waals surface area contributed by atoms with Crippen LogP contribution in [0.4, 0.5) is 8.78 Å². The molecule has 2 aromatic carbocycles. The van der Waals surface area contributed by atoms with Crippen LogP contribution in [0.1, 0.15) is 47.1 Å². The topological polar surface area (TPSA) is 74.0 Å². The monoisotopic (exact) mass is 581 g/mol. The quantitative estimate of drug-likeness (QED) is 0.142. The molecule has 2 aromatic heterocycles. The molecule has 0 saturated heterocycles. The SMILES string of the molecule is C=C/C=C(\C=C)c1ccc2c(c1)c(C(C)=O)cn2CC(=O)C1C[C@H](F)C[C@H]1C(=O)Cc1cc(C)nn1-c1ccccc1F. The molecule has 43 heavy (non-hydrogen) atoms. The van der Waals surface area contributed by atoms with Gasteiger partial charge in [-0.3, -0.25) is 14.4 Å². The number of ketones is 3. The van der Waals surface area contributed by atoms with E-state index in [1.54, 1.807) is 54.1 Å². The molecule has 0 aliphatic heterocycles. The zero-order valence-electron chi connectivity index (χ0n) is 24.2. The van der Waals surface area contributed by atoms with Crippen LogP contribution in [-0.2, 0) is 22.6 Å². The number of benzene rings is 2. The van der Waals surface area contributed by atoms with Crippen molar-refractivity contribution in [1.82, 2.24) is 14.3 Å². The second kappa shape index (κ2) is 12.3. The normalized spacial score (nSPS) is 18.6. The third-order valence-electron chi connectivity index (χ3n) is 8.11. The number of aryl methyl sites for hydroxylation is 1. The number of Topliss-reactive ketones (excluding diaryl/α,β-unsaturated/α-hetero) is 3. The third kappa shape index (κ3) is 5.95. The fraction of sp³-hybridized carbons (Fsp3) is 0.257. The first-order chi connectivity index (χ1) is 20.6. The number of allylic oxidation sites excluding steroid dienone is 4. The van der Waals surface area contributed by atoms with Gasteiger partial charge in [0, 0.05) is 40.9 Å². The van der Waals surface area contributed by atoms with E-state index in [0.29, 0.717) is 27.9 Å². The first-order valence-corrected chi connectivity index (χ1v) is 14.2. The van der Waals surface area contributed by atoms with Crippen LogP contribution in [0.2, 0.25) is 0 Å². The van der Waals surface area contributed by atoms with Crippen LogP contribution in [0.5, 0.6) is 0 Å². The van der Waals surface area contributed by atoms with Crippen molar-refractivity contribution in [3.63, 3.8) is 0 Å². The van der Waals surface area contributed by atoms with Crippen molar-refractivity contribution >= 4 is 33.8 Å². The largest absolute Gasteiger partial charge is 0.339 e. The maximum absolute atomic E-state index is 14.8. The molecule has 1 aliphatic carbocycles. The number of halogens is 2. The van der Waals surface area contributed by atoms with E-state index in [1.165, 1.54) is 17.7 Å². The van der Waals surface area contributed by atoms with Gasteiger partial charge in [-0.15, -0.1) is 0 Å². The zero-order chi connectivity index (χ0) is 30.8. The molecular weight excluding hydrogens is 548 g/mol. The number of para-hydroxylation sites is 1. The number of rotatable bonds is 11. The lowest BCUT2D eigenvalue weighted by Gasteiger charge is -2.18. The summed E-state index contributed by atoms with van der Waals surface area (Å²) in [5.74, 6) is -2.81. The summed E-state index contributed by atoms with van der Waals surface area (Å²) < 4.78 is 32.4. The van der Waals surface area contributed by atoms with Gasteiger partial charge in [-0.1, -0.05) is 49.6 Å². The highest BCUT2D eigenvalue weighted by Crippen LogP contribution is 2.37. The van der Waals surface area contributed by atoms with Gasteiger partial charge >= 0.3 is 0 Å². The van der Waals surface area contributed by atoms with Gasteiger partial charge < -0.3 is 4.57 Å². The highest BCUT2D eigenvalue weighted by Gasteiger charge is 2.42. The molecule has 8 heteroatoms. The molecular formula is C35H33F2N3O3. The Morgan fingerprint density at radius 1 is 1.05 bits per heavy atom. The van der Waals surface area contributed by atoms with Gasteiger partial charge in [0.1, 0.15) is 23.5 Å². The molecule has 1 fully saturated rings. The fourth-order valence-electron chi connectivity index (χ4n) is 6.09. The lowest BCUT2D eigenvalue weighted by atomic mass is 9.86. The number of aromatic nitrogens is 3. The standard InChI is InChI=1S/C35H33F2N3O3/c1-5-9-23(6-2)24-12-13-32-27(15-24)30(22(4)41)19-39(32)20-35(43)29-17-25(36)16-28(29)34(42)18-26-14-21(3)38-40(26)33-11-8-7-10-31(33)37/h5-15,19,25,28-29H,1-2,16-18,20H2,3-4H3/b23-9+/t25-,28-,29?/m1/s1. The summed E-state index contributed by atoms with van der Waals surface area (Å²) in [6.45, 7) is 10.7. The van der Waals surface area contributed by atoms with Crippen molar-refractivity contribution < 1.29 is 23.2 Å². The second-order valence-corrected chi connectivity index (χ2v) is 11.1. The number of hydrogen-bond donors (Lipinski definition) is 0. The second-order valence-electron chi connectivity index (χ2n) is 11.1. The predicted octanol–water partition coefficient (Wildman–Crippen LogP) is 6.98. The fourth-order valence-corrected chi connectivity index (χ4v) is 6.09. The van der Waals surface area contributed by atoms with E-state index in [9.17, 15) is 23.2 Å². The van der Waals surface area contributed by atoms with E-state index in [0.717, 1.165) is 11.1 Å². The summed E-state index contributed by atoms with van der Waals surface area (Å²) in [6.07, 6.45) is 5.34. The van der Waals surface area contributed by atoms with Crippen LogP contribution in [-0.4, -0.2) is 37.9 Å². The van der Waals surface area contributed by atoms with E-state index in [2.05, 4.69) is 18.3 Å². The molecule has 0 spiro atoms. The average molecular weight is 582 g/mol. The van der Waals surface area contributed by atoms with E-state index in [1.807, 2.05) is 24.3 Å². The molecule has 1 aliphatic rings. The lowest BCUT2D eigenvalue weighted by molar-refractivity contribution is -0.131. The average Bonchev–Trinajstić information content (AvgIpc) is 3.66. The van der Waals surface area contributed by atoms with E-state index in [-0.39, 0.29) is 48.8 Å². The van der Waals surface area contributed by atoms with E-state index >= 15 is 0 Å². The van der Waals surface area contributed by atoms with Gasteiger partial charge in [0.05, 0.1) is 17.9 Å². The first-order valence-electron chi connectivity index (χ1n) is 14.2. The first kappa shape index (κ1) is 29.8. The molecule has 1 unspecified atom stereocenters. The maximum Gasteiger partial charge on any atom is 0.161 e. The Labute approximate surface area is 249 Å². The molecule has 0 N–H and O–H groups in total. The molecule has 6 nitrogen and oxygen atoms in total. The van der Waals surface area contributed by atoms with Gasteiger partial charge in [0.15, 0.2) is 11.6 Å². The van der Waals surface area contributed by atoms with Crippen molar-refractivity contribution in [1.29, 1.82) is 0 Å². The van der Waals surface area contributed by atoms with Gasteiger partial charge in [-0.25, -0.2) is 13.5 Å². The van der Waals surface area contributed by atoms with Gasteiger partial charge in [-0.05, 0) is 68.2 Å². The summed E-state index contributed by atoms with van der Waals surface area (Å²) in [7, 11) is 0. The van der Waals surface area contributed by atoms with Crippen LogP contribution in [0.25, 0.3) is 22.2 Å². The Morgan fingerprint density at radius 2 is 1.77 bits per heavy atom. The molecule has 0 amide bonds. The maximum atomic E-state index is 14.8. The lowest BCUT2D eigenvalue weighted by Crippen LogP contribution is -2.29. The third-order valence-corrected chi connectivity index (χ3v) is 8.11. The summed E-state index contributed by atoms with van der Waals surface area (Å²) in [5, 5.41) is 5.05. The number of fused-ring (bicyclic) bond motifs is 1. The van der Waals surface area contributed by atoms with Crippen molar-refractivity contribution in [2.45, 2.75) is 45.8 Å². The van der Waals surface area contributed by atoms with Gasteiger partial charge in [0.2, 0.25) is 0 Å². The van der Waals surface area contributed by atoms with Crippen LogP contribution in [0, 0.1) is 24.6 Å². The molecule has 5 rings (SSSR count). The Hall–Kier alpha value is -4.72. The van der Waals surface area contributed by atoms with Crippen LogP contribution in [0.3, 0.4) is 0 Å². The van der Waals surface area contributed by atoms with E-state index in [4.69, 9.17) is 0 Å². The Balaban J connectivity index is 1.41. The molecule has 4 aromatic rings.